The maximum Gasteiger partial charge on any atom is 0.0666 e. The highest BCUT2D eigenvalue weighted by Gasteiger charge is 2.11. The first kappa shape index (κ1) is 15.3. The van der Waals surface area contributed by atoms with Gasteiger partial charge in [0, 0.05) is 12.6 Å². The largest absolute Gasteiger partial charge is 0.312 e. The molecule has 1 N–H and O–H groups in total. The van der Waals surface area contributed by atoms with Crippen LogP contribution < -0.4 is 5.32 Å². The summed E-state index contributed by atoms with van der Waals surface area (Å²) in [5, 5.41) is 12.5. The van der Waals surface area contributed by atoms with Crippen LogP contribution in [0.25, 0.3) is 0 Å². The zero-order chi connectivity index (χ0) is 14.9. The van der Waals surface area contributed by atoms with Crippen molar-refractivity contribution in [2.75, 3.05) is 6.54 Å². The van der Waals surface area contributed by atoms with Gasteiger partial charge in [-0.2, -0.15) is 5.26 Å². The minimum absolute atomic E-state index is 0.0408. The van der Waals surface area contributed by atoms with Crippen molar-refractivity contribution in [1.29, 1.82) is 5.26 Å². The maximum absolute atomic E-state index is 8.94. The van der Waals surface area contributed by atoms with E-state index in [0.717, 1.165) is 19.4 Å². The summed E-state index contributed by atoms with van der Waals surface area (Å²) in [5.41, 5.74) is 2.66. The molecule has 2 nitrogen and oxygen atoms in total. The Morgan fingerprint density at radius 2 is 1.38 bits per heavy atom. The molecule has 0 fully saturated rings. The third-order valence-electron chi connectivity index (χ3n) is 3.58. The molecular formula is C19H22N2. The van der Waals surface area contributed by atoms with Crippen LogP contribution in [-0.4, -0.2) is 12.6 Å². The van der Waals surface area contributed by atoms with Gasteiger partial charge in [0.05, 0.1) is 12.0 Å². The summed E-state index contributed by atoms with van der Waals surface area (Å²) in [4.78, 5) is 0. The van der Waals surface area contributed by atoms with Gasteiger partial charge < -0.3 is 5.32 Å². The Balaban J connectivity index is 2.01. The van der Waals surface area contributed by atoms with E-state index >= 15 is 0 Å². The molecule has 0 aromatic heterocycles. The lowest BCUT2D eigenvalue weighted by molar-refractivity contribution is 0.477. The second kappa shape index (κ2) is 8.24. The van der Waals surface area contributed by atoms with Gasteiger partial charge in [0.1, 0.15) is 0 Å². The van der Waals surface area contributed by atoms with E-state index in [9.17, 15) is 0 Å². The Labute approximate surface area is 127 Å². The summed E-state index contributed by atoms with van der Waals surface area (Å²) in [6.45, 7) is 2.69. The SMILES string of the molecule is CC(C#N)CNC(Cc1ccccc1)Cc1ccccc1. The average Bonchev–Trinajstić information content (AvgIpc) is 2.54. The molecule has 0 saturated heterocycles. The van der Waals surface area contributed by atoms with E-state index in [4.69, 9.17) is 5.26 Å². The van der Waals surface area contributed by atoms with E-state index in [1.807, 2.05) is 19.1 Å². The molecule has 0 saturated carbocycles. The van der Waals surface area contributed by atoms with Crippen LogP contribution in [0.2, 0.25) is 0 Å². The van der Waals surface area contributed by atoms with Crippen LogP contribution in [0.5, 0.6) is 0 Å². The van der Waals surface area contributed by atoms with E-state index in [1.54, 1.807) is 0 Å². The van der Waals surface area contributed by atoms with Crippen molar-refractivity contribution >= 4 is 0 Å². The highest BCUT2D eigenvalue weighted by atomic mass is 14.9. The lowest BCUT2D eigenvalue weighted by Gasteiger charge is -2.20. The first-order valence-corrected chi connectivity index (χ1v) is 7.49. The number of nitrogens with zero attached hydrogens (tertiary/aromatic N) is 1. The summed E-state index contributed by atoms with van der Waals surface area (Å²) < 4.78 is 0. The molecule has 0 aliphatic carbocycles. The molecule has 0 bridgehead atoms. The van der Waals surface area contributed by atoms with Gasteiger partial charge in [-0.3, -0.25) is 0 Å². The predicted octanol–water partition coefficient (Wildman–Crippen LogP) is 3.59. The molecule has 0 heterocycles. The van der Waals surface area contributed by atoms with Gasteiger partial charge in [-0.1, -0.05) is 60.7 Å². The van der Waals surface area contributed by atoms with Gasteiger partial charge in [0.25, 0.3) is 0 Å². The van der Waals surface area contributed by atoms with Crippen LogP contribution in [0.4, 0.5) is 0 Å². The van der Waals surface area contributed by atoms with E-state index in [1.165, 1.54) is 11.1 Å². The van der Waals surface area contributed by atoms with Gasteiger partial charge in [0.2, 0.25) is 0 Å². The number of rotatable bonds is 7. The lowest BCUT2D eigenvalue weighted by atomic mass is 9.98. The second-order valence-electron chi connectivity index (χ2n) is 5.51. The van der Waals surface area contributed by atoms with Crippen LogP contribution in [0.15, 0.2) is 60.7 Å². The molecule has 2 heteroatoms. The van der Waals surface area contributed by atoms with Crippen molar-refractivity contribution in [1.82, 2.24) is 5.32 Å². The Morgan fingerprint density at radius 1 is 0.905 bits per heavy atom. The molecule has 0 spiro atoms. The van der Waals surface area contributed by atoms with Crippen LogP contribution in [0, 0.1) is 17.2 Å². The van der Waals surface area contributed by atoms with Crippen molar-refractivity contribution in [3.63, 3.8) is 0 Å². The molecule has 0 amide bonds. The molecular weight excluding hydrogens is 256 g/mol. The summed E-state index contributed by atoms with van der Waals surface area (Å²) in [6.07, 6.45) is 1.96. The smallest absolute Gasteiger partial charge is 0.0666 e. The lowest BCUT2D eigenvalue weighted by Crippen LogP contribution is -2.36. The van der Waals surface area contributed by atoms with Gasteiger partial charge in [-0.25, -0.2) is 0 Å². The summed E-state index contributed by atoms with van der Waals surface area (Å²) in [6, 6.07) is 23.7. The van der Waals surface area contributed by atoms with Crippen molar-refractivity contribution in [2.24, 2.45) is 5.92 Å². The molecule has 108 valence electrons. The van der Waals surface area contributed by atoms with Crippen molar-refractivity contribution in [3.8, 4) is 6.07 Å². The van der Waals surface area contributed by atoms with E-state index in [0.29, 0.717) is 6.04 Å². The molecule has 2 rings (SSSR count). The third kappa shape index (κ3) is 5.41. The molecule has 1 atom stereocenters. The van der Waals surface area contributed by atoms with Crippen LogP contribution in [-0.2, 0) is 12.8 Å². The fraction of sp³-hybridized carbons (Fsp3) is 0.316. The molecule has 2 aromatic rings. The van der Waals surface area contributed by atoms with Crippen LogP contribution in [0.1, 0.15) is 18.1 Å². The third-order valence-corrected chi connectivity index (χ3v) is 3.58. The molecule has 21 heavy (non-hydrogen) atoms. The zero-order valence-electron chi connectivity index (χ0n) is 12.5. The Hall–Kier alpha value is -2.11. The van der Waals surface area contributed by atoms with E-state index < -0.39 is 0 Å². The molecule has 2 aromatic carbocycles. The number of hydrogen-bond donors (Lipinski definition) is 1. The first-order valence-electron chi connectivity index (χ1n) is 7.49. The normalized spacial score (nSPS) is 12.0. The molecule has 1 unspecified atom stereocenters. The van der Waals surface area contributed by atoms with Crippen LogP contribution in [0.3, 0.4) is 0 Å². The van der Waals surface area contributed by atoms with Gasteiger partial charge in [-0.05, 0) is 30.9 Å². The number of nitrogens with one attached hydrogen (secondary N) is 1. The quantitative estimate of drug-likeness (QED) is 0.840. The summed E-state index contributed by atoms with van der Waals surface area (Å²) >= 11 is 0. The van der Waals surface area contributed by atoms with Gasteiger partial charge >= 0.3 is 0 Å². The van der Waals surface area contributed by atoms with Gasteiger partial charge in [-0.15, -0.1) is 0 Å². The topological polar surface area (TPSA) is 35.8 Å². The highest BCUT2D eigenvalue weighted by molar-refractivity contribution is 5.19. The fourth-order valence-electron chi connectivity index (χ4n) is 2.40. The van der Waals surface area contributed by atoms with Crippen molar-refractivity contribution < 1.29 is 0 Å². The standard InChI is InChI=1S/C19H22N2/c1-16(14-20)15-21-19(12-17-8-4-2-5-9-17)13-18-10-6-3-7-11-18/h2-11,16,19,21H,12-13,15H2,1H3. The Morgan fingerprint density at radius 3 is 1.81 bits per heavy atom. The minimum Gasteiger partial charge on any atom is -0.312 e. The number of nitriles is 1. The van der Waals surface area contributed by atoms with Gasteiger partial charge in [0.15, 0.2) is 0 Å². The summed E-state index contributed by atoms with van der Waals surface area (Å²) in [5.74, 6) is 0.0408. The average molecular weight is 278 g/mol. The fourth-order valence-corrected chi connectivity index (χ4v) is 2.40. The minimum atomic E-state index is 0.0408. The molecule has 0 aliphatic heterocycles. The number of benzene rings is 2. The Bertz CT molecular complexity index is 516. The Kier molecular flexibility index (Phi) is 5.99. The molecule has 0 aliphatic rings. The summed E-state index contributed by atoms with van der Waals surface area (Å²) in [7, 11) is 0. The van der Waals surface area contributed by atoms with E-state index in [-0.39, 0.29) is 5.92 Å². The predicted molar refractivity (Wildman–Crippen MR) is 86.9 cm³/mol. The first-order chi connectivity index (χ1) is 10.3. The monoisotopic (exact) mass is 278 g/mol. The highest BCUT2D eigenvalue weighted by Crippen LogP contribution is 2.09. The van der Waals surface area contributed by atoms with E-state index in [2.05, 4.69) is 59.9 Å². The van der Waals surface area contributed by atoms with Crippen molar-refractivity contribution in [3.05, 3.63) is 71.8 Å². The van der Waals surface area contributed by atoms with Crippen molar-refractivity contribution in [2.45, 2.75) is 25.8 Å². The second-order valence-corrected chi connectivity index (χ2v) is 5.51. The molecule has 0 radical (unpaired) electrons. The van der Waals surface area contributed by atoms with Crippen LogP contribution >= 0.6 is 0 Å². The zero-order valence-corrected chi connectivity index (χ0v) is 12.5. The maximum atomic E-state index is 8.94. The number of hydrogen-bond acceptors (Lipinski definition) is 2.